The molecule has 6 nitrogen and oxygen atoms in total. The minimum atomic E-state index is -0.352. The zero-order valence-electron chi connectivity index (χ0n) is 17.7. The molecule has 1 heterocycles. The van der Waals surface area contributed by atoms with Crippen LogP contribution >= 0.6 is 0 Å². The summed E-state index contributed by atoms with van der Waals surface area (Å²) < 4.78 is 0. The Bertz CT molecular complexity index is 1150. The van der Waals surface area contributed by atoms with E-state index in [2.05, 4.69) is 32.8 Å². The molecule has 0 saturated carbocycles. The quantitative estimate of drug-likeness (QED) is 0.559. The molecule has 2 amide bonds. The number of benzene rings is 2. The van der Waals surface area contributed by atoms with E-state index in [0.717, 1.165) is 16.7 Å². The summed E-state index contributed by atoms with van der Waals surface area (Å²) in [4.78, 5) is 28.3. The van der Waals surface area contributed by atoms with Gasteiger partial charge in [-0.25, -0.2) is 4.98 Å². The summed E-state index contributed by atoms with van der Waals surface area (Å²) >= 11 is 0. The summed E-state index contributed by atoms with van der Waals surface area (Å²) in [7, 11) is 1.72. The van der Waals surface area contributed by atoms with E-state index in [0.29, 0.717) is 17.2 Å². The van der Waals surface area contributed by atoms with Gasteiger partial charge in [0.05, 0.1) is 6.04 Å². The van der Waals surface area contributed by atoms with Crippen molar-refractivity contribution in [3.63, 3.8) is 0 Å². The first-order chi connectivity index (χ1) is 15.0. The maximum absolute atomic E-state index is 12.2. The number of nitrogens with one attached hydrogen (secondary N) is 3. The van der Waals surface area contributed by atoms with Gasteiger partial charge in [-0.15, -0.1) is 0 Å². The van der Waals surface area contributed by atoms with E-state index in [1.807, 2.05) is 60.7 Å². The predicted molar refractivity (Wildman–Crippen MR) is 124 cm³/mol. The average molecular weight is 412 g/mol. The van der Waals surface area contributed by atoms with Crippen LogP contribution in [-0.2, 0) is 9.59 Å². The van der Waals surface area contributed by atoms with Gasteiger partial charge in [-0.1, -0.05) is 36.3 Å². The Morgan fingerprint density at radius 2 is 1.71 bits per heavy atom. The molecule has 1 aromatic heterocycles. The highest BCUT2D eigenvalue weighted by atomic mass is 16.2. The molecular weight excluding hydrogens is 388 g/mol. The van der Waals surface area contributed by atoms with Crippen LogP contribution in [0.4, 0.5) is 11.5 Å². The molecule has 3 N–H and O–H groups in total. The Morgan fingerprint density at radius 3 is 2.42 bits per heavy atom. The third kappa shape index (κ3) is 6.01. The predicted octanol–water partition coefficient (Wildman–Crippen LogP) is 3.65. The molecule has 0 radical (unpaired) electrons. The Balaban J connectivity index is 2.03. The average Bonchev–Trinajstić information content (AvgIpc) is 2.77. The fourth-order valence-corrected chi connectivity index (χ4v) is 2.84. The zero-order valence-corrected chi connectivity index (χ0v) is 17.7. The monoisotopic (exact) mass is 412 g/mol. The molecule has 0 aliphatic heterocycles. The Morgan fingerprint density at radius 1 is 0.935 bits per heavy atom. The number of nitrogens with zero attached hydrogens (tertiary/aromatic N) is 1. The fourth-order valence-electron chi connectivity index (χ4n) is 2.84. The second-order valence-corrected chi connectivity index (χ2v) is 6.97. The maximum atomic E-state index is 12.2. The summed E-state index contributed by atoms with van der Waals surface area (Å²) in [5.74, 6) is 6.35. The molecule has 0 aliphatic rings. The largest absolute Gasteiger partial charge is 0.326 e. The Hall–Kier alpha value is -3.95. The molecule has 0 bridgehead atoms. The number of aromatic nitrogens is 1. The summed E-state index contributed by atoms with van der Waals surface area (Å²) in [5, 5.41) is 8.50. The second kappa shape index (κ2) is 10.2. The van der Waals surface area contributed by atoms with Crippen molar-refractivity contribution in [1.82, 2.24) is 10.3 Å². The lowest BCUT2D eigenvalue weighted by molar-refractivity contribution is -0.117. The van der Waals surface area contributed by atoms with Crippen molar-refractivity contribution in [1.29, 1.82) is 0 Å². The van der Waals surface area contributed by atoms with Gasteiger partial charge in [0.1, 0.15) is 11.5 Å². The number of carbonyl (C=O) groups excluding carboxylic acids is 2. The summed E-state index contributed by atoms with van der Waals surface area (Å²) in [6.07, 6.45) is 0. The normalized spacial score (nSPS) is 11.1. The van der Waals surface area contributed by atoms with Crippen LogP contribution in [0.25, 0.3) is 11.1 Å². The van der Waals surface area contributed by atoms with Crippen LogP contribution in [0.15, 0.2) is 66.7 Å². The Kier molecular flexibility index (Phi) is 7.15. The second-order valence-electron chi connectivity index (χ2n) is 6.97. The highest BCUT2D eigenvalue weighted by molar-refractivity contribution is 5.94. The zero-order chi connectivity index (χ0) is 22.2. The van der Waals surface area contributed by atoms with Gasteiger partial charge >= 0.3 is 0 Å². The van der Waals surface area contributed by atoms with Crippen LogP contribution in [0.5, 0.6) is 0 Å². The van der Waals surface area contributed by atoms with Crippen LogP contribution in [0.3, 0.4) is 0 Å². The molecular formula is C25H24N4O2. The SMILES string of the molecule is CNC(C)C(=O)Nc1ccc(-c2cccc(NC(C)=O)c2)c(C#Cc2ccccc2)n1. The van der Waals surface area contributed by atoms with E-state index >= 15 is 0 Å². The maximum Gasteiger partial charge on any atom is 0.242 e. The summed E-state index contributed by atoms with van der Waals surface area (Å²) in [6.45, 7) is 3.24. The van der Waals surface area contributed by atoms with Crippen molar-refractivity contribution < 1.29 is 9.59 Å². The van der Waals surface area contributed by atoms with Gasteiger partial charge in [0.15, 0.2) is 0 Å². The van der Waals surface area contributed by atoms with Crippen molar-refractivity contribution in [2.24, 2.45) is 0 Å². The number of likely N-dealkylation sites (N-methyl/N-ethyl adjacent to an activating group) is 1. The first kappa shape index (κ1) is 21.8. The Labute approximate surface area is 182 Å². The van der Waals surface area contributed by atoms with E-state index in [4.69, 9.17) is 0 Å². The number of amides is 2. The minimum absolute atomic E-state index is 0.143. The van der Waals surface area contributed by atoms with E-state index in [9.17, 15) is 9.59 Å². The van der Waals surface area contributed by atoms with E-state index in [1.54, 1.807) is 20.0 Å². The summed E-state index contributed by atoms with van der Waals surface area (Å²) in [6, 6.07) is 20.4. The number of anilines is 2. The van der Waals surface area contributed by atoms with Crippen LogP contribution in [0, 0.1) is 11.8 Å². The first-order valence-corrected chi connectivity index (χ1v) is 9.90. The number of hydrogen-bond donors (Lipinski definition) is 3. The molecule has 0 saturated heterocycles. The molecule has 0 spiro atoms. The van der Waals surface area contributed by atoms with E-state index < -0.39 is 0 Å². The van der Waals surface area contributed by atoms with Gasteiger partial charge in [-0.05, 0) is 61.9 Å². The van der Waals surface area contributed by atoms with Gasteiger partial charge in [-0.2, -0.15) is 0 Å². The lowest BCUT2D eigenvalue weighted by Gasteiger charge is -2.12. The molecule has 2 aromatic carbocycles. The first-order valence-electron chi connectivity index (χ1n) is 9.90. The lowest BCUT2D eigenvalue weighted by atomic mass is 10.0. The molecule has 1 unspecified atom stereocenters. The molecule has 6 heteroatoms. The van der Waals surface area contributed by atoms with Gasteiger partial charge < -0.3 is 16.0 Å². The topological polar surface area (TPSA) is 83.1 Å². The van der Waals surface area contributed by atoms with Gasteiger partial charge in [0, 0.05) is 23.7 Å². The van der Waals surface area contributed by atoms with Crippen LogP contribution in [-0.4, -0.2) is 29.9 Å². The van der Waals surface area contributed by atoms with Crippen molar-refractivity contribution in [2.75, 3.05) is 17.7 Å². The van der Waals surface area contributed by atoms with Gasteiger partial charge in [0.25, 0.3) is 0 Å². The van der Waals surface area contributed by atoms with Gasteiger partial charge in [0.2, 0.25) is 11.8 Å². The minimum Gasteiger partial charge on any atom is -0.326 e. The van der Waals surface area contributed by atoms with Crippen molar-refractivity contribution in [3.05, 3.63) is 78.0 Å². The highest BCUT2D eigenvalue weighted by Crippen LogP contribution is 2.26. The molecule has 3 aromatic rings. The highest BCUT2D eigenvalue weighted by Gasteiger charge is 2.13. The van der Waals surface area contributed by atoms with Crippen LogP contribution in [0.1, 0.15) is 25.1 Å². The van der Waals surface area contributed by atoms with Crippen LogP contribution in [0.2, 0.25) is 0 Å². The van der Waals surface area contributed by atoms with Crippen molar-refractivity contribution in [3.8, 4) is 23.0 Å². The molecule has 156 valence electrons. The number of carbonyl (C=O) groups is 2. The van der Waals surface area contributed by atoms with E-state index in [1.165, 1.54) is 6.92 Å². The third-order valence-electron chi connectivity index (χ3n) is 4.57. The number of rotatable bonds is 5. The molecule has 0 aliphatic carbocycles. The van der Waals surface area contributed by atoms with Crippen molar-refractivity contribution in [2.45, 2.75) is 19.9 Å². The molecule has 1 atom stereocenters. The molecule has 0 fully saturated rings. The standard InChI is InChI=1S/C25H24N4O2/c1-17(26-3)25(31)29-24-15-13-22(20-10-7-11-21(16-20)27-18(2)30)23(28-24)14-12-19-8-5-4-6-9-19/h4-11,13,15-17,26H,1-3H3,(H,27,30)(H,28,29,31). The smallest absolute Gasteiger partial charge is 0.242 e. The number of hydrogen-bond acceptors (Lipinski definition) is 4. The fraction of sp³-hybridized carbons (Fsp3) is 0.160. The lowest BCUT2D eigenvalue weighted by Crippen LogP contribution is -2.35. The van der Waals surface area contributed by atoms with Crippen LogP contribution < -0.4 is 16.0 Å². The molecule has 31 heavy (non-hydrogen) atoms. The van der Waals surface area contributed by atoms with E-state index in [-0.39, 0.29) is 17.9 Å². The summed E-state index contributed by atoms with van der Waals surface area (Å²) in [5.41, 5.74) is 3.74. The number of pyridine rings is 1. The third-order valence-corrected chi connectivity index (χ3v) is 4.57. The van der Waals surface area contributed by atoms with Gasteiger partial charge in [-0.3, -0.25) is 9.59 Å². The van der Waals surface area contributed by atoms with Crippen molar-refractivity contribution >= 4 is 23.3 Å². The molecule has 3 rings (SSSR count).